The summed E-state index contributed by atoms with van der Waals surface area (Å²) in [7, 11) is 1.62. The van der Waals surface area contributed by atoms with Gasteiger partial charge in [-0.1, -0.05) is 18.2 Å². The minimum Gasteiger partial charge on any atom is -0.309 e. The van der Waals surface area contributed by atoms with Gasteiger partial charge in [0.2, 0.25) is 0 Å². The smallest absolute Gasteiger partial charge is 0.131 e. The Morgan fingerprint density at radius 1 is 0.900 bits per heavy atom. The number of halogens is 3. The van der Waals surface area contributed by atoms with Crippen molar-refractivity contribution >= 4 is 0 Å². The van der Waals surface area contributed by atoms with Crippen molar-refractivity contribution in [3.05, 3.63) is 70.0 Å². The molecule has 1 unspecified atom stereocenters. The van der Waals surface area contributed by atoms with Crippen LogP contribution >= 0.6 is 0 Å². The predicted molar refractivity (Wildman–Crippen MR) is 73.1 cm³/mol. The lowest BCUT2D eigenvalue weighted by atomic mass is 9.95. The molecule has 0 bridgehead atoms. The lowest BCUT2D eigenvalue weighted by Gasteiger charge is -2.20. The van der Waals surface area contributed by atoms with Crippen molar-refractivity contribution < 1.29 is 13.2 Å². The molecule has 1 N–H and O–H groups in total. The number of hydrogen-bond acceptors (Lipinski definition) is 1. The van der Waals surface area contributed by atoms with E-state index < -0.39 is 17.7 Å². The first-order valence-electron chi connectivity index (χ1n) is 6.33. The monoisotopic (exact) mass is 279 g/mol. The second-order valence-electron chi connectivity index (χ2n) is 4.82. The Bertz CT molecular complexity index is 638. The average molecular weight is 279 g/mol. The Labute approximate surface area is 116 Å². The van der Waals surface area contributed by atoms with E-state index in [1.165, 1.54) is 6.07 Å². The fourth-order valence-corrected chi connectivity index (χ4v) is 2.27. The van der Waals surface area contributed by atoms with Gasteiger partial charge in [-0.05, 0) is 38.1 Å². The highest BCUT2D eigenvalue weighted by molar-refractivity contribution is 5.38. The zero-order valence-electron chi connectivity index (χ0n) is 11.6. The zero-order chi connectivity index (χ0) is 14.9. The Morgan fingerprint density at radius 3 is 2.25 bits per heavy atom. The number of nitrogens with one attached hydrogen (secondary N) is 1. The molecule has 0 radical (unpaired) electrons. The second-order valence-corrected chi connectivity index (χ2v) is 4.82. The van der Waals surface area contributed by atoms with E-state index in [0.717, 1.165) is 6.07 Å². The fraction of sp³-hybridized carbons (Fsp3) is 0.250. The molecule has 2 rings (SSSR count). The van der Waals surface area contributed by atoms with Crippen molar-refractivity contribution in [3.8, 4) is 0 Å². The number of rotatable bonds is 3. The quantitative estimate of drug-likeness (QED) is 0.894. The first-order valence-corrected chi connectivity index (χ1v) is 6.33. The van der Waals surface area contributed by atoms with Gasteiger partial charge in [-0.2, -0.15) is 0 Å². The predicted octanol–water partition coefficient (Wildman–Crippen LogP) is 4.03. The van der Waals surface area contributed by atoms with Crippen LogP contribution in [0.3, 0.4) is 0 Å². The summed E-state index contributed by atoms with van der Waals surface area (Å²) in [4.78, 5) is 0. The van der Waals surface area contributed by atoms with Crippen LogP contribution in [0.1, 0.15) is 28.3 Å². The van der Waals surface area contributed by atoms with E-state index in [1.54, 1.807) is 39.1 Å². The molecule has 2 aromatic rings. The van der Waals surface area contributed by atoms with Crippen LogP contribution in [0.25, 0.3) is 0 Å². The minimum atomic E-state index is -0.687. The van der Waals surface area contributed by atoms with Crippen LogP contribution in [-0.4, -0.2) is 7.05 Å². The summed E-state index contributed by atoms with van der Waals surface area (Å²) in [6.07, 6.45) is 0. The molecule has 4 heteroatoms. The molecule has 2 aromatic carbocycles. The van der Waals surface area contributed by atoms with E-state index in [0.29, 0.717) is 16.7 Å². The second kappa shape index (κ2) is 5.67. The molecule has 0 aliphatic carbocycles. The standard InChI is InChI=1S/C16H16F3N/c1-9-5-4-6-11(15(9)19)16(20-3)12-7-10(2)13(17)8-14(12)18/h4-8,16,20H,1-3H3. The molecule has 0 aliphatic heterocycles. The molecular weight excluding hydrogens is 263 g/mol. The first-order chi connectivity index (χ1) is 9.45. The Hall–Kier alpha value is -1.81. The molecule has 0 spiro atoms. The van der Waals surface area contributed by atoms with Crippen molar-refractivity contribution in [2.24, 2.45) is 0 Å². The highest BCUT2D eigenvalue weighted by atomic mass is 19.1. The third kappa shape index (κ3) is 2.56. The van der Waals surface area contributed by atoms with E-state index >= 15 is 0 Å². The van der Waals surface area contributed by atoms with Gasteiger partial charge >= 0.3 is 0 Å². The maximum atomic E-state index is 14.2. The van der Waals surface area contributed by atoms with E-state index in [1.807, 2.05) is 0 Å². The molecule has 20 heavy (non-hydrogen) atoms. The van der Waals surface area contributed by atoms with Crippen LogP contribution in [-0.2, 0) is 0 Å². The molecule has 1 nitrogen and oxygen atoms in total. The average Bonchev–Trinajstić information content (AvgIpc) is 2.41. The van der Waals surface area contributed by atoms with Gasteiger partial charge in [0.25, 0.3) is 0 Å². The lowest BCUT2D eigenvalue weighted by Crippen LogP contribution is -2.21. The molecule has 0 fully saturated rings. The number of benzene rings is 2. The van der Waals surface area contributed by atoms with Gasteiger partial charge in [-0.15, -0.1) is 0 Å². The van der Waals surface area contributed by atoms with Crippen LogP contribution in [0.4, 0.5) is 13.2 Å². The highest BCUT2D eigenvalue weighted by Crippen LogP contribution is 2.29. The Kier molecular flexibility index (Phi) is 4.14. The summed E-state index contributed by atoms with van der Waals surface area (Å²) >= 11 is 0. The molecular formula is C16H16F3N. The molecule has 0 heterocycles. The summed E-state index contributed by atoms with van der Waals surface area (Å²) in [5.74, 6) is -1.67. The van der Waals surface area contributed by atoms with E-state index in [4.69, 9.17) is 0 Å². The molecule has 0 saturated heterocycles. The van der Waals surface area contributed by atoms with Crippen molar-refractivity contribution in [2.45, 2.75) is 19.9 Å². The van der Waals surface area contributed by atoms with Gasteiger partial charge < -0.3 is 5.32 Å². The molecule has 1 atom stereocenters. The molecule has 0 saturated carbocycles. The van der Waals surface area contributed by atoms with Crippen LogP contribution in [0.5, 0.6) is 0 Å². The summed E-state index contributed by atoms with van der Waals surface area (Å²) < 4.78 is 41.5. The molecule has 0 amide bonds. The maximum absolute atomic E-state index is 14.2. The van der Waals surface area contributed by atoms with Crippen LogP contribution in [0.15, 0.2) is 30.3 Å². The summed E-state index contributed by atoms with van der Waals surface area (Å²) in [5, 5.41) is 2.89. The van der Waals surface area contributed by atoms with E-state index in [2.05, 4.69) is 5.32 Å². The largest absolute Gasteiger partial charge is 0.309 e. The highest BCUT2D eigenvalue weighted by Gasteiger charge is 2.21. The van der Waals surface area contributed by atoms with Gasteiger partial charge in [0.05, 0.1) is 6.04 Å². The van der Waals surface area contributed by atoms with Crippen LogP contribution in [0.2, 0.25) is 0 Å². The van der Waals surface area contributed by atoms with Crippen molar-refractivity contribution in [1.82, 2.24) is 5.32 Å². The normalized spacial score (nSPS) is 12.5. The van der Waals surface area contributed by atoms with Gasteiger partial charge in [0.1, 0.15) is 17.5 Å². The molecule has 106 valence electrons. The van der Waals surface area contributed by atoms with Crippen LogP contribution in [0, 0.1) is 31.3 Å². The van der Waals surface area contributed by atoms with Gasteiger partial charge in [0.15, 0.2) is 0 Å². The van der Waals surface area contributed by atoms with Crippen molar-refractivity contribution in [2.75, 3.05) is 7.05 Å². The first kappa shape index (κ1) is 14.6. The van der Waals surface area contributed by atoms with Crippen molar-refractivity contribution in [1.29, 1.82) is 0 Å². The topological polar surface area (TPSA) is 12.0 Å². The van der Waals surface area contributed by atoms with Crippen LogP contribution < -0.4 is 5.32 Å². The third-order valence-corrected chi connectivity index (χ3v) is 3.41. The Morgan fingerprint density at radius 2 is 1.60 bits per heavy atom. The Balaban J connectivity index is 2.58. The zero-order valence-corrected chi connectivity index (χ0v) is 11.6. The minimum absolute atomic E-state index is 0.232. The maximum Gasteiger partial charge on any atom is 0.131 e. The summed E-state index contributed by atoms with van der Waals surface area (Å²) in [5.41, 5.74) is 1.39. The molecule has 0 aliphatic rings. The van der Waals surface area contributed by atoms with Crippen molar-refractivity contribution in [3.63, 3.8) is 0 Å². The van der Waals surface area contributed by atoms with Gasteiger partial charge in [-0.3, -0.25) is 0 Å². The van der Waals surface area contributed by atoms with E-state index in [9.17, 15) is 13.2 Å². The molecule has 0 aromatic heterocycles. The summed E-state index contributed by atoms with van der Waals surface area (Å²) in [6, 6.07) is 6.55. The number of aryl methyl sites for hydroxylation is 2. The fourth-order valence-electron chi connectivity index (χ4n) is 2.27. The van der Waals surface area contributed by atoms with E-state index in [-0.39, 0.29) is 11.4 Å². The van der Waals surface area contributed by atoms with Gasteiger partial charge in [-0.25, -0.2) is 13.2 Å². The van der Waals surface area contributed by atoms with Gasteiger partial charge in [0, 0.05) is 17.2 Å². The SMILES string of the molecule is CNC(c1cc(C)c(F)cc1F)c1cccc(C)c1F. The summed E-state index contributed by atoms with van der Waals surface area (Å²) in [6.45, 7) is 3.20. The third-order valence-electron chi connectivity index (χ3n) is 3.41. The lowest BCUT2D eigenvalue weighted by molar-refractivity contribution is 0.530. The number of hydrogen-bond donors (Lipinski definition) is 1.